The quantitative estimate of drug-likeness (QED) is 0.482. The summed E-state index contributed by atoms with van der Waals surface area (Å²) in [5.41, 5.74) is 0.492. The Kier molecular flexibility index (Phi) is 6.88. The first kappa shape index (κ1) is 17.2. The Bertz CT molecular complexity index is 455. The third-order valence-corrected chi connectivity index (χ3v) is 3.20. The largest absolute Gasteiger partial charge is 0.396 e. The van der Waals surface area contributed by atoms with Crippen LogP contribution in [0.25, 0.3) is 0 Å². The summed E-state index contributed by atoms with van der Waals surface area (Å²) in [4.78, 5) is 15.9. The molecule has 1 aromatic rings. The van der Waals surface area contributed by atoms with E-state index in [4.69, 9.17) is 0 Å². The maximum Gasteiger partial charge on any atom is 0.253 e. The van der Waals surface area contributed by atoms with Crippen LogP contribution in [0, 0.1) is 5.41 Å². The molecule has 1 amide bonds. The van der Waals surface area contributed by atoms with Gasteiger partial charge in [-0.3, -0.25) is 4.79 Å². The van der Waals surface area contributed by atoms with E-state index in [-0.39, 0.29) is 17.9 Å². The normalized spacial score (nSPS) is 11.0. The van der Waals surface area contributed by atoms with E-state index in [1.54, 1.807) is 24.4 Å². The number of hydrogen-bond donors (Lipinski definition) is 3. The molecule has 0 radical (unpaired) electrons. The van der Waals surface area contributed by atoms with Gasteiger partial charge in [-0.05, 0) is 30.4 Å². The Hall–Kier alpha value is -1.88. The second-order valence-electron chi connectivity index (χ2n) is 5.78. The number of nitrogens with zero attached hydrogens (tertiary/aromatic N) is 1. The van der Waals surface area contributed by atoms with Crippen molar-refractivity contribution in [3.05, 3.63) is 36.5 Å². The van der Waals surface area contributed by atoms with Gasteiger partial charge in [0.1, 0.15) is 5.82 Å². The number of anilines is 1. The van der Waals surface area contributed by atoms with Crippen LogP contribution in [0.1, 0.15) is 37.0 Å². The Balaban J connectivity index is 2.37. The van der Waals surface area contributed by atoms with E-state index in [2.05, 4.69) is 22.2 Å². The molecule has 5 heteroatoms. The molecule has 0 aromatic carbocycles. The molecule has 0 saturated heterocycles. The van der Waals surface area contributed by atoms with E-state index >= 15 is 0 Å². The molecule has 1 rings (SSSR count). The van der Waals surface area contributed by atoms with Crippen LogP contribution in [0.5, 0.6) is 0 Å². The van der Waals surface area contributed by atoms with Crippen LogP contribution >= 0.6 is 0 Å². The average Bonchev–Trinajstić information content (AvgIpc) is 2.50. The van der Waals surface area contributed by atoms with Crippen molar-refractivity contribution in [3.63, 3.8) is 0 Å². The molecule has 0 saturated carbocycles. The lowest BCUT2D eigenvalue weighted by Crippen LogP contribution is -2.23. The molecule has 5 nitrogen and oxygen atoms in total. The van der Waals surface area contributed by atoms with Crippen LogP contribution in [0.3, 0.4) is 0 Å². The fourth-order valence-corrected chi connectivity index (χ4v) is 1.76. The lowest BCUT2D eigenvalue weighted by molar-refractivity contribution is 0.0957. The molecule has 0 atom stereocenters. The zero-order valence-electron chi connectivity index (χ0n) is 12.9. The maximum atomic E-state index is 11.7. The third kappa shape index (κ3) is 6.40. The van der Waals surface area contributed by atoms with Gasteiger partial charge in [-0.2, -0.15) is 0 Å². The van der Waals surface area contributed by atoms with Crippen molar-refractivity contribution in [2.75, 3.05) is 25.0 Å². The predicted molar refractivity (Wildman–Crippen MR) is 85.4 cm³/mol. The minimum atomic E-state index is -0.154. The third-order valence-electron chi connectivity index (χ3n) is 3.20. The Morgan fingerprint density at radius 2 is 2.24 bits per heavy atom. The van der Waals surface area contributed by atoms with Crippen molar-refractivity contribution < 1.29 is 9.90 Å². The van der Waals surface area contributed by atoms with Gasteiger partial charge in [0.05, 0.1) is 5.56 Å². The number of aromatic nitrogens is 1. The molecule has 0 aliphatic heterocycles. The number of hydrogen-bond acceptors (Lipinski definition) is 4. The van der Waals surface area contributed by atoms with Crippen LogP contribution in [-0.2, 0) is 0 Å². The van der Waals surface area contributed by atoms with Crippen LogP contribution in [-0.4, -0.2) is 35.7 Å². The van der Waals surface area contributed by atoms with Gasteiger partial charge in [-0.1, -0.05) is 19.9 Å². The average molecular weight is 291 g/mol. The highest BCUT2D eigenvalue weighted by Crippen LogP contribution is 2.20. The number of rotatable bonds is 9. The summed E-state index contributed by atoms with van der Waals surface area (Å²) in [5, 5.41) is 15.1. The minimum absolute atomic E-state index is 0.0395. The first-order valence-corrected chi connectivity index (χ1v) is 7.18. The van der Waals surface area contributed by atoms with E-state index in [0.29, 0.717) is 12.1 Å². The number of amides is 1. The topological polar surface area (TPSA) is 74.2 Å². The van der Waals surface area contributed by atoms with Crippen molar-refractivity contribution in [1.82, 2.24) is 10.3 Å². The molecule has 3 N–H and O–H groups in total. The highest BCUT2D eigenvalue weighted by Gasteiger charge is 2.15. The van der Waals surface area contributed by atoms with Crippen molar-refractivity contribution in [2.24, 2.45) is 5.41 Å². The smallest absolute Gasteiger partial charge is 0.253 e. The molecule has 116 valence electrons. The second kappa shape index (κ2) is 8.42. The zero-order valence-corrected chi connectivity index (χ0v) is 12.9. The van der Waals surface area contributed by atoms with Gasteiger partial charge in [0.25, 0.3) is 5.91 Å². The van der Waals surface area contributed by atoms with Crippen LogP contribution in [0.15, 0.2) is 31.0 Å². The first-order chi connectivity index (χ1) is 9.98. The molecule has 1 heterocycles. The molecule has 0 spiro atoms. The van der Waals surface area contributed by atoms with Crippen LogP contribution in [0.4, 0.5) is 5.82 Å². The molecule has 0 unspecified atom stereocenters. The van der Waals surface area contributed by atoms with Gasteiger partial charge < -0.3 is 15.7 Å². The highest BCUT2D eigenvalue weighted by molar-refractivity contribution is 5.94. The molecule has 0 fully saturated rings. The van der Waals surface area contributed by atoms with E-state index in [9.17, 15) is 9.90 Å². The monoisotopic (exact) mass is 291 g/mol. The van der Waals surface area contributed by atoms with Gasteiger partial charge in [0, 0.05) is 25.9 Å². The summed E-state index contributed by atoms with van der Waals surface area (Å²) in [6.45, 7) is 9.06. The molecule has 0 aliphatic carbocycles. The van der Waals surface area contributed by atoms with Crippen molar-refractivity contribution in [1.29, 1.82) is 0 Å². The van der Waals surface area contributed by atoms with Crippen molar-refractivity contribution in [3.8, 4) is 0 Å². The summed E-state index contributed by atoms with van der Waals surface area (Å²) in [7, 11) is 0. The van der Waals surface area contributed by atoms with Gasteiger partial charge in [-0.25, -0.2) is 4.98 Å². The Morgan fingerprint density at radius 1 is 1.48 bits per heavy atom. The number of pyridine rings is 1. The van der Waals surface area contributed by atoms with Gasteiger partial charge in [0.15, 0.2) is 0 Å². The lowest BCUT2D eigenvalue weighted by Gasteiger charge is -2.21. The van der Waals surface area contributed by atoms with Gasteiger partial charge in [-0.15, -0.1) is 6.58 Å². The van der Waals surface area contributed by atoms with Gasteiger partial charge in [0.2, 0.25) is 0 Å². The molecular formula is C16H25N3O2. The number of carbonyl (C=O) groups is 1. The number of aliphatic hydroxyl groups is 1. The molecule has 0 bridgehead atoms. The summed E-state index contributed by atoms with van der Waals surface area (Å²) in [6.07, 6.45) is 5.09. The van der Waals surface area contributed by atoms with Crippen LogP contribution < -0.4 is 10.6 Å². The van der Waals surface area contributed by atoms with E-state index in [1.165, 1.54) is 0 Å². The van der Waals surface area contributed by atoms with Crippen molar-refractivity contribution in [2.45, 2.75) is 26.7 Å². The summed E-state index contributed by atoms with van der Waals surface area (Å²) in [5.74, 6) is 0.593. The number of aliphatic hydroxyl groups excluding tert-OH is 1. The lowest BCUT2D eigenvalue weighted by atomic mass is 9.89. The van der Waals surface area contributed by atoms with Crippen molar-refractivity contribution >= 4 is 11.7 Å². The summed E-state index contributed by atoms with van der Waals surface area (Å²) < 4.78 is 0. The molecule has 0 aliphatic rings. The second-order valence-corrected chi connectivity index (χ2v) is 5.78. The van der Waals surface area contributed by atoms with E-state index < -0.39 is 0 Å². The maximum absolute atomic E-state index is 11.7. The standard InChI is InChI=1S/C16H25N3O2/c1-4-9-18-15(21)13-6-7-14(19-11-13)17-10-5-8-16(2,3)12-20/h4,6-7,11,20H,1,5,8-10,12H2,2-3H3,(H,17,19)(H,18,21). The zero-order chi connectivity index (χ0) is 15.7. The fraction of sp³-hybridized carbons (Fsp3) is 0.500. The first-order valence-electron chi connectivity index (χ1n) is 7.18. The molecular weight excluding hydrogens is 266 g/mol. The Morgan fingerprint density at radius 3 is 2.81 bits per heavy atom. The fourth-order valence-electron chi connectivity index (χ4n) is 1.76. The highest BCUT2D eigenvalue weighted by atomic mass is 16.3. The summed E-state index contributed by atoms with van der Waals surface area (Å²) in [6, 6.07) is 3.53. The number of nitrogens with one attached hydrogen (secondary N) is 2. The summed E-state index contributed by atoms with van der Waals surface area (Å²) >= 11 is 0. The van der Waals surface area contributed by atoms with Gasteiger partial charge >= 0.3 is 0 Å². The Labute approximate surface area is 126 Å². The van der Waals surface area contributed by atoms with Crippen LogP contribution in [0.2, 0.25) is 0 Å². The van der Waals surface area contributed by atoms with E-state index in [1.807, 2.05) is 13.8 Å². The number of carbonyl (C=O) groups excluding carboxylic acids is 1. The van der Waals surface area contributed by atoms with E-state index in [0.717, 1.165) is 25.2 Å². The molecule has 1 aromatic heterocycles. The predicted octanol–water partition coefficient (Wildman–Crippen LogP) is 2.21. The molecule has 21 heavy (non-hydrogen) atoms. The SMILES string of the molecule is C=CCNC(=O)c1ccc(NCCCC(C)(C)CO)nc1. The minimum Gasteiger partial charge on any atom is -0.396 e.